The molecule has 98 valence electrons. The first-order chi connectivity index (χ1) is 8.74. The number of nitrogens with one attached hydrogen (secondary N) is 1. The quantitative estimate of drug-likeness (QED) is 0.834. The monoisotopic (exact) mass is 248 g/mol. The number of carbonyl (C=O) groups is 1. The molecule has 2 aliphatic heterocycles. The van der Waals surface area contributed by atoms with E-state index in [1.54, 1.807) is 0 Å². The van der Waals surface area contributed by atoms with E-state index < -0.39 is 0 Å². The Labute approximate surface area is 107 Å². The van der Waals surface area contributed by atoms with Crippen molar-refractivity contribution in [1.29, 1.82) is 0 Å². The smallest absolute Gasteiger partial charge is 0.224 e. The van der Waals surface area contributed by atoms with Crippen molar-refractivity contribution in [2.75, 3.05) is 13.1 Å². The molecule has 5 heteroatoms. The molecule has 1 N–H and O–H groups in total. The van der Waals surface area contributed by atoms with Gasteiger partial charge in [-0.3, -0.25) is 9.48 Å². The average Bonchev–Trinajstić information content (AvgIpc) is 3.00. The zero-order valence-electron chi connectivity index (χ0n) is 10.8. The van der Waals surface area contributed by atoms with E-state index in [-0.39, 0.29) is 0 Å². The predicted molar refractivity (Wildman–Crippen MR) is 68.1 cm³/mol. The van der Waals surface area contributed by atoms with Gasteiger partial charge in [0.05, 0.1) is 6.20 Å². The summed E-state index contributed by atoms with van der Waals surface area (Å²) in [5, 5.41) is 7.70. The van der Waals surface area contributed by atoms with Crippen LogP contribution in [-0.4, -0.2) is 45.8 Å². The van der Waals surface area contributed by atoms with E-state index in [1.807, 2.05) is 24.1 Å². The summed E-state index contributed by atoms with van der Waals surface area (Å²) in [5.41, 5.74) is 1.25. The number of nitrogens with zero attached hydrogens (tertiary/aromatic N) is 3. The molecule has 2 atom stereocenters. The van der Waals surface area contributed by atoms with Gasteiger partial charge in [-0.15, -0.1) is 0 Å². The van der Waals surface area contributed by atoms with E-state index in [9.17, 15) is 4.79 Å². The highest BCUT2D eigenvalue weighted by Crippen LogP contribution is 2.28. The summed E-state index contributed by atoms with van der Waals surface area (Å²) in [7, 11) is 1.93. The van der Waals surface area contributed by atoms with Crippen molar-refractivity contribution >= 4 is 5.91 Å². The molecule has 3 heterocycles. The lowest BCUT2D eigenvalue weighted by Gasteiger charge is -2.20. The summed E-state index contributed by atoms with van der Waals surface area (Å²) in [6.45, 7) is 1.89. The number of hydrogen-bond acceptors (Lipinski definition) is 3. The second-order valence-electron chi connectivity index (χ2n) is 5.33. The Morgan fingerprint density at radius 3 is 3.22 bits per heavy atom. The lowest BCUT2D eigenvalue weighted by atomic mass is 10.1. The van der Waals surface area contributed by atoms with Crippen molar-refractivity contribution in [3.63, 3.8) is 0 Å². The van der Waals surface area contributed by atoms with E-state index in [0.29, 0.717) is 24.4 Å². The molecule has 0 saturated carbocycles. The fourth-order valence-electron chi connectivity index (χ4n) is 3.17. The van der Waals surface area contributed by atoms with Crippen LogP contribution in [0.25, 0.3) is 0 Å². The zero-order chi connectivity index (χ0) is 12.5. The second-order valence-corrected chi connectivity index (χ2v) is 5.33. The summed E-state index contributed by atoms with van der Waals surface area (Å²) in [4.78, 5) is 13.8. The van der Waals surface area contributed by atoms with Gasteiger partial charge in [0.1, 0.15) is 0 Å². The summed E-state index contributed by atoms with van der Waals surface area (Å²) in [5.74, 6) is 0.330. The zero-order valence-corrected chi connectivity index (χ0v) is 10.8. The van der Waals surface area contributed by atoms with Crippen LogP contribution in [0.5, 0.6) is 0 Å². The fourth-order valence-corrected chi connectivity index (χ4v) is 3.17. The maximum Gasteiger partial charge on any atom is 0.224 e. The summed E-state index contributed by atoms with van der Waals surface area (Å²) < 4.78 is 1.83. The van der Waals surface area contributed by atoms with Crippen LogP contribution in [0.4, 0.5) is 0 Å². The van der Waals surface area contributed by atoms with E-state index in [2.05, 4.69) is 15.3 Å². The van der Waals surface area contributed by atoms with Gasteiger partial charge in [0, 0.05) is 38.3 Å². The first-order valence-electron chi connectivity index (χ1n) is 6.74. The molecule has 5 nitrogen and oxygen atoms in total. The van der Waals surface area contributed by atoms with Crippen LogP contribution in [0.2, 0.25) is 0 Å². The molecule has 18 heavy (non-hydrogen) atoms. The first-order valence-corrected chi connectivity index (χ1v) is 6.74. The molecule has 1 amide bonds. The number of hydrogen-bond donors (Lipinski definition) is 1. The molecule has 0 radical (unpaired) electrons. The van der Waals surface area contributed by atoms with Crippen molar-refractivity contribution in [2.45, 2.75) is 37.8 Å². The summed E-state index contributed by atoms with van der Waals surface area (Å²) in [6, 6.07) is 0.808. The largest absolute Gasteiger partial charge is 0.338 e. The van der Waals surface area contributed by atoms with Gasteiger partial charge in [0.25, 0.3) is 0 Å². The Bertz CT molecular complexity index is 442. The van der Waals surface area contributed by atoms with Crippen LogP contribution in [0.15, 0.2) is 12.4 Å². The minimum absolute atomic E-state index is 0.330. The standard InChI is InChI=1S/C13H20N4O/c1-16-9-10(8-15-16)4-5-14-11-7-13(18)17-6-2-3-12(11)17/h8-9,11-12,14H,2-7H2,1H3. The number of aromatic nitrogens is 2. The van der Waals surface area contributed by atoms with Gasteiger partial charge in [-0.1, -0.05) is 0 Å². The van der Waals surface area contributed by atoms with Crippen LogP contribution in [0.1, 0.15) is 24.8 Å². The van der Waals surface area contributed by atoms with Gasteiger partial charge >= 0.3 is 0 Å². The predicted octanol–water partition coefficient (Wildman–Crippen LogP) is 0.315. The lowest BCUT2D eigenvalue weighted by molar-refractivity contribution is -0.127. The Hall–Kier alpha value is -1.36. The number of aryl methyl sites for hydroxylation is 1. The van der Waals surface area contributed by atoms with Crippen molar-refractivity contribution in [1.82, 2.24) is 20.0 Å². The molecular formula is C13H20N4O. The van der Waals surface area contributed by atoms with Crippen molar-refractivity contribution < 1.29 is 4.79 Å². The second kappa shape index (κ2) is 4.72. The molecule has 0 bridgehead atoms. The molecule has 2 aliphatic rings. The van der Waals surface area contributed by atoms with E-state index in [1.165, 1.54) is 5.56 Å². The highest BCUT2D eigenvalue weighted by Gasteiger charge is 2.41. The van der Waals surface area contributed by atoms with E-state index >= 15 is 0 Å². The van der Waals surface area contributed by atoms with Gasteiger partial charge < -0.3 is 10.2 Å². The Morgan fingerprint density at radius 2 is 2.44 bits per heavy atom. The minimum atomic E-state index is 0.330. The van der Waals surface area contributed by atoms with E-state index in [0.717, 1.165) is 32.4 Å². The third kappa shape index (κ3) is 2.14. The van der Waals surface area contributed by atoms with Gasteiger partial charge in [0.2, 0.25) is 5.91 Å². The van der Waals surface area contributed by atoms with Crippen LogP contribution in [0.3, 0.4) is 0 Å². The first kappa shape index (κ1) is 11.7. The number of rotatable bonds is 4. The Morgan fingerprint density at radius 1 is 1.56 bits per heavy atom. The molecule has 1 aromatic rings. The van der Waals surface area contributed by atoms with Crippen LogP contribution in [0, 0.1) is 0 Å². The third-order valence-corrected chi connectivity index (χ3v) is 4.06. The molecule has 0 aromatic carbocycles. The van der Waals surface area contributed by atoms with Crippen molar-refractivity contribution in [3.05, 3.63) is 18.0 Å². The van der Waals surface area contributed by atoms with Crippen molar-refractivity contribution in [2.24, 2.45) is 7.05 Å². The lowest BCUT2D eigenvalue weighted by Crippen LogP contribution is -2.40. The summed E-state index contributed by atoms with van der Waals surface area (Å²) >= 11 is 0. The number of amides is 1. The van der Waals surface area contributed by atoms with Crippen LogP contribution < -0.4 is 5.32 Å². The van der Waals surface area contributed by atoms with Crippen molar-refractivity contribution in [3.8, 4) is 0 Å². The molecule has 2 saturated heterocycles. The average molecular weight is 248 g/mol. The Kier molecular flexibility index (Phi) is 3.07. The van der Waals surface area contributed by atoms with Gasteiger partial charge in [-0.2, -0.15) is 5.10 Å². The molecule has 0 spiro atoms. The van der Waals surface area contributed by atoms with Crippen LogP contribution >= 0.6 is 0 Å². The maximum atomic E-state index is 11.8. The topological polar surface area (TPSA) is 50.2 Å². The molecular weight excluding hydrogens is 228 g/mol. The van der Waals surface area contributed by atoms with Gasteiger partial charge in [-0.05, 0) is 31.4 Å². The SMILES string of the molecule is Cn1cc(CCNC2CC(=O)N3CCCC23)cn1. The maximum absolute atomic E-state index is 11.8. The van der Waals surface area contributed by atoms with E-state index in [4.69, 9.17) is 0 Å². The minimum Gasteiger partial charge on any atom is -0.338 e. The highest BCUT2D eigenvalue weighted by molar-refractivity contribution is 5.80. The molecule has 1 aromatic heterocycles. The molecule has 3 rings (SSSR count). The molecule has 2 fully saturated rings. The summed E-state index contributed by atoms with van der Waals surface area (Å²) in [6.07, 6.45) is 7.93. The fraction of sp³-hybridized carbons (Fsp3) is 0.692. The van der Waals surface area contributed by atoms with Crippen LogP contribution in [-0.2, 0) is 18.3 Å². The number of carbonyl (C=O) groups excluding carboxylic acids is 1. The molecule has 2 unspecified atom stereocenters. The molecule has 0 aliphatic carbocycles. The highest BCUT2D eigenvalue weighted by atomic mass is 16.2. The van der Waals surface area contributed by atoms with Gasteiger partial charge in [-0.25, -0.2) is 0 Å². The third-order valence-electron chi connectivity index (χ3n) is 4.06. The van der Waals surface area contributed by atoms with Gasteiger partial charge in [0.15, 0.2) is 0 Å². The normalized spacial score (nSPS) is 26.9. The number of fused-ring (bicyclic) bond motifs is 1. The Balaban J connectivity index is 1.50.